The molecule has 2 heterocycles. The summed E-state index contributed by atoms with van der Waals surface area (Å²) in [5, 5.41) is 2.91. The molecule has 26 heavy (non-hydrogen) atoms. The molecule has 10 heteroatoms. The Morgan fingerprint density at radius 3 is 2.81 bits per heavy atom. The van der Waals surface area contributed by atoms with Gasteiger partial charge in [0.15, 0.2) is 4.32 Å². The smallest absolute Gasteiger partial charge is 0.285 e. The van der Waals surface area contributed by atoms with Crippen molar-refractivity contribution in [3.63, 3.8) is 0 Å². The zero-order chi connectivity index (χ0) is 18.8. The van der Waals surface area contributed by atoms with Gasteiger partial charge < -0.3 is 4.74 Å². The summed E-state index contributed by atoms with van der Waals surface area (Å²) in [4.78, 5) is 25.8. The molecular weight excluding hydrogens is 618 g/mol. The van der Waals surface area contributed by atoms with Crippen molar-refractivity contribution >= 4 is 103 Å². The largest absolute Gasteiger partial charge is 0.495 e. The molecule has 134 valence electrons. The molecule has 1 aliphatic rings. The van der Waals surface area contributed by atoms with Crippen LogP contribution in [0.15, 0.2) is 34.6 Å². The van der Waals surface area contributed by atoms with Crippen LogP contribution in [-0.4, -0.2) is 28.3 Å². The van der Waals surface area contributed by atoms with E-state index in [1.807, 2.05) is 12.1 Å². The van der Waals surface area contributed by atoms with Crippen molar-refractivity contribution in [3.8, 4) is 5.75 Å². The molecule has 0 saturated carbocycles. The van der Waals surface area contributed by atoms with Crippen LogP contribution in [0.1, 0.15) is 15.2 Å². The van der Waals surface area contributed by atoms with E-state index in [9.17, 15) is 9.59 Å². The molecule has 0 radical (unpaired) electrons. The Bertz CT molecular complexity index is 929. The van der Waals surface area contributed by atoms with Gasteiger partial charge in [0, 0.05) is 9.13 Å². The molecule has 0 unspecified atom stereocenters. The number of hydrogen-bond donors (Lipinski definition) is 1. The van der Waals surface area contributed by atoms with E-state index in [1.165, 1.54) is 11.3 Å². The maximum Gasteiger partial charge on any atom is 0.285 e. The van der Waals surface area contributed by atoms with Crippen LogP contribution in [-0.2, 0) is 4.79 Å². The number of rotatable bonds is 4. The summed E-state index contributed by atoms with van der Waals surface area (Å²) in [6, 6.07) is 7.38. The number of thiophene rings is 1. The highest BCUT2D eigenvalue weighted by Crippen LogP contribution is 2.35. The first kappa shape index (κ1) is 20.0. The van der Waals surface area contributed by atoms with Gasteiger partial charge in [-0.2, -0.15) is 5.01 Å². The Morgan fingerprint density at radius 1 is 1.38 bits per heavy atom. The summed E-state index contributed by atoms with van der Waals surface area (Å²) in [5.74, 6) is -0.0290. The zero-order valence-electron chi connectivity index (χ0n) is 13.1. The van der Waals surface area contributed by atoms with E-state index in [0.29, 0.717) is 15.5 Å². The third kappa shape index (κ3) is 4.24. The average Bonchev–Trinajstić information content (AvgIpc) is 3.19. The van der Waals surface area contributed by atoms with Crippen LogP contribution in [0.3, 0.4) is 0 Å². The molecule has 1 N–H and O–H groups in total. The first-order valence-electron chi connectivity index (χ1n) is 7.06. The lowest BCUT2D eigenvalue weighted by Gasteiger charge is -2.14. The number of halogens is 2. The van der Waals surface area contributed by atoms with Crippen LogP contribution in [0.2, 0.25) is 0 Å². The van der Waals surface area contributed by atoms with Gasteiger partial charge in [-0.1, -0.05) is 17.8 Å². The van der Waals surface area contributed by atoms with Crippen LogP contribution < -0.4 is 10.2 Å². The topological polar surface area (TPSA) is 58.6 Å². The second-order valence-electron chi connectivity index (χ2n) is 4.95. The molecule has 1 fully saturated rings. The van der Waals surface area contributed by atoms with E-state index < -0.39 is 0 Å². The Hall–Kier alpha value is -0.700. The Labute approximate surface area is 190 Å². The minimum Gasteiger partial charge on any atom is -0.495 e. The van der Waals surface area contributed by atoms with Gasteiger partial charge in [0.05, 0.1) is 20.5 Å². The number of methoxy groups -OCH3 is 1. The fraction of sp³-hybridized carbons (Fsp3) is 0.0625. The number of thioether (sulfide) groups is 1. The van der Waals surface area contributed by atoms with Crippen molar-refractivity contribution in [2.75, 3.05) is 7.11 Å². The van der Waals surface area contributed by atoms with E-state index in [4.69, 9.17) is 17.0 Å². The first-order valence-corrected chi connectivity index (χ1v) is 11.3. The molecule has 0 atom stereocenters. The summed E-state index contributed by atoms with van der Waals surface area (Å²) in [5.41, 5.74) is 3.35. The van der Waals surface area contributed by atoms with Crippen molar-refractivity contribution in [1.29, 1.82) is 0 Å². The van der Waals surface area contributed by atoms with Crippen LogP contribution >= 0.6 is 80.5 Å². The summed E-state index contributed by atoms with van der Waals surface area (Å²) >= 11 is 12.1. The quantitative estimate of drug-likeness (QED) is 0.307. The molecular formula is C16H10I2N2O3S3. The number of amides is 2. The first-order chi connectivity index (χ1) is 12.4. The fourth-order valence-corrected chi connectivity index (χ4v) is 6.07. The van der Waals surface area contributed by atoms with Crippen molar-refractivity contribution in [2.45, 2.75) is 0 Å². The zero-order valence-corrected chi connectivity index (χ0v) is 19.9. The number of hydrazine groups is 1. The third-order valence-corrected chi connectivity index (χ3v) is 6.87. The number of carbonyl (C=O) groups is 2. The SMILES string of the molecule is COc1c(I)cc(I)cc1/C=C1\SC(=S)N(NC(=O)c2cccs2)C1=O. The maximum absolute atomic E-state index is 12.7. The number of benzene rings is 1. The van der Waals surface area contributed by atoms with Gasteiger partial charge in [0.1, 0.15) is 5.75 Å². The summed E-state index contributed by atoms with van der Waals surface area (Å²) in [6.45, 7) is 0. The van der Waals surface area contributed by atoms with Crippen LogP contribution in [0, 0.1) is 7.14 Å². The lowest BCUT2D eigenvalue weighted by atomic mass is 10.2. The Kier molecular flexibility index (Phi) is 6.59. The number of nitrogens with zero attached hydrogens (tertiary/aromatic N) is 1. The van der Waals surface area contributed by atoms with Crippen molar-refractivity contribution in [2.24, 2.45) is 0 Å². The number of thiocarbonyl (C=S) groups is 1. The van der Waals surface area contributed by atoms with Crippen molar-refractivity contribution in [3.05, 3.63) is 52.1 Å². The second-order valence-corrected chi connectivity index (χ2v) is 9.98. The molecule has 2 aromatic rings. The van der Waals surface area contributed by atoms with Gasteiger partial charge in [0.25, 0.3) is 11.8 Å². The molecule has 1 aromatic carbocycles. The van der Waals surface area contributed by atoms with E-state index in [1.54, 1.807) is 30.7 Å². The van der Waals surface area contributed by atoms with E-state index in [0.717, 1.165) is 29.5 Å². The fourth-order valence-electron chi connectivity index (χ4n) is 2.17. The normalized spacial score (nSPS) is 15.7. The molecule has 1 saturated heterocycles. The molecule has 3 rings (SSSR count). The van der Waals surface area contributed by atoms with Gasteiger partial charge in [-0.15, -0.1) is 11.3 Å². The molecule has 0 spiro atoms. The van der Waals surface area contributed by atoms with E-state index in [2.05, 4.69) is 50.6 Å². The minimum atomic E-state index is -0.362. The molecule has 0 bridgehead atoms. The average molecular weight is 628 g/mol. The highest BCUT2D eigenvalue weighted by atomic mass is 127. The lowest BCUT2D eigenvalue weighted by Crippen LogP contribution is -2.44. The van der Waals surface area contributed by atoms with Gasteiger partial charge in [-0.05, 0) is 87.1 Å². The molecule has 1 aliphatic heterocycles. The molecule has 2 amide bonds. The molecule has 0 aliphatic carbocycles. The second kappa shape index (κ2) is 8.54. The summed E-state index contributed by atoms with van der Waals surface area (Å²) in [6.07, 6.45) is 1.74. The van der Waals surface area contributed by atoms with Gasteiger partial charge in [-0.25, -0.2) is 0 Å². The molecule has 5 nitrogen and oxygen atoms in total. The Morgan fingerprint density at radius 2 is 2.15 bits per heavy atom. The van der Waals surface area contributed by atoms with Gasteiger partial charge in [-0.3, -0.25) is 15.0 Å². The van der Waals surface area contributed by atoms with E-state index >= 15 is 0 Å². The van der Waals surface area contributed by atoms with Crippen LogP contribution in [0.5, 0.6) is 5.75 Å². The highest BCUT2D eigenvalue weighted by molar-refractivity contribution is 14.1. The van der Waals surface area contributed by atoms with Crippen molar-refractivity contribution < 1.29 is 14.3 Å². The van der Waals surface area contributed by atoms with Crippen LogP contribution in [0.4, 0.5) is 0 Å². The van der Waals surface area contributed by atoms with Crippen LogP contribution in [0.25, 0.3) is 6.08 Å². The lowest BCUT2D eigenvalue weighted by molar-refractivity contribution is -0.123. The monoisotopic (exact) mass is 628 g/mol. The van der Waals surface area contributed by atoms with Gasteiger partial charge in [0.2, 0.25) is 0 Å². The van der Waals surface area contributed by atoms with Crippen molar-refractivity contribution in [1.82, 2.24) is 10.4 Å². The standard InChI is InChI=1S/C16H10I2N2O3S3/c1-23-13-8(5-9(17)7-10(13)18)6-12-15(22)20(16(24)26-12)19-14(21)11-3-2-4-25-11/h2-7H,1H3,(H,19,21)/b12-6-. The van der Waals surface area contributed by atoms with Gasteiger partial charge >= 0.3 is 0 Å². The Balaban J connectivity index is 1.87. The number of ether oxygens (including phenoxy) is 1. The van der Waals surface area contributed by atoms with E-state index in [-0.39, 0.29) is 16.1 Å². The number of nitrogens with one attached hydrogen (secondary N) is 1. The predicted molar refractivity (Wildman–Crippen MR) is 125 cm³/mol. The number of carbonyl (C=O) groups excluding carboxylic acids is 2. The summed E-state index contributed by atoms with van der Waals surface area (Å²) in [7, 11) is 1.59. The highest BCUT2D eigenvalue weighted by Gasteiger charge is 2.34. The minimum absolute atomic E-state index is 0.283. The molecule has 1 aromatic heterocycles. The predicted octanol–water partition coefficient (Wildman–Crippen LogP) is 4.51. The number of hydrogen-bond acceptors (Lipinski definition) is 6. The maximum atomic E-state index is 12.7. The summed E-state index contributed by atoms with van der Waals surface area (Å²) < 4.78 is 7.71. The third-order valence-electron chi connectivity index (χ3n) is 3.28.